The first-order valence-corrected chi connectivity index (χ1v) is 6.74. The van der Waals surface area contributed by atoms with E-state index < -0.39 is 0 Å². The van der Waals surface area contributed by atoms with E-state index >= 15 is 0 Å². The Bertz CT molecular complexity index is 459. The molecule has 19 heavy (non-hydrogen) atoms. The predicted molar refractivity (Wildman–Crippen MR) is 82.2 cm³/mol. The SMILES string of the molecule is C=C1N(C)CN(Cc2ccc(N(C)C)cc2)C1(C)C. The third kappa shape index (κ3) is 2.61. The van der Waals surface area contributed by atoms with E-state index in [1.165, 1.54) is 16.9 Å². The second-order valence-electron chi connectivity index (χ2n) is 6.10. The number of benzene rings is 1. The Hall–Kier alpha value is -1.48. The Morgan fingerprint density at radius 1 is 1.21 bits per heavy atom. The van der Waals surface area contributed by atoms with Crippen LogP contribution in [0.3, 0.4) is 0 Å². The van der Waals surface area contributed by atoms with Gasteiger partial charge in [0.2, 0.25) is 0 Å². The lowest BCUT2D eigenvalue weighted by Gasteiger charge is -2.30. The molecule has 0 radical (unpaired) electrons. The first kappa shape index (κ1) is 13.9. The maximum absolute atomic E-state index is 4.19. The van der Waals surface area contributed by atoms with Gasteiger partial charge < -0.3 is 9.80 Å². The van der Waals surface area contributed by atoms with Crippen molar-refractivity contribution in [2.75, 3.05) is 32.7 Å². The van der Waals surface area contributed by atoms with Crippen LogP contribution in [-0.2, 0) is 6.54 Å². The molecule has 0 atom stereocenters. The van der Waals surface area contributed by atoms with Crippen LogP contribution in [0, 0.1) is 0 Å². The van der Waals surface area contributed by atoms with Crippen molar-refractivity contribution in [2.45, 2.75) is 25.9 Å². The fourth-order valence-electron chi connectivity index (χ4n) is 2.54. The number of hydrogen-bond donors (Lipinski definition) is 0. The van der Waals surface area contributed by atoms with Gasteiger partial charge in [0.1, 0.15) is 0 Å². The van der Waals surface area contributed by atoms with Gasteiger partial charge in [-0.1, -0.05) is 18.7 Å². The highest BCUT2D eigenvalue weighted by Crippen LogP contribution is 2.33. The Balaban J connectivity index is 2.11. The van der Waals surface area contributed by atoms with Crippen LogP contribution in [0.25, 0.3) is 0 Å². The maximum atomic E-state index is 4.19. The molecule has 0 spiro atoms. The smallest absolute Gasteiger partial charge is 0.0711 e. The van der Waals surface area contributed by atoms with E-state index in [0.717, 1.165) is 13.2 Å². The molecule has 1 heterocycles. The van der Waals surface area contributed by atoms with E-state index in [0.29, 0.717) is 0 Å². The molecule has 0 saturated carbocycles. The molecular weight excluding hydrogens is 234 g/mol. The van der Waals surface area contributed by atoms with Crippen LogP contribution in [0.15, 0.2) is 36.5 Å². The van der Waals surface area contributed by atoms with Gasteiger partial charge in [-0.3, -0.25) is 4.90 Å². The minimum absolute atomic E-state index is 0.0367. The minimum Gasteiger partial charge on any atom is -0.378 e. The molecule has 1 aromatic carbocycles. The third-order valence-electron chi connectivity index (χ3n) is 4.17. The van der Waals surface area contributed by atoms with Gasteiger partial charge in [0, 0.05) is 39.1 Å². The van der Waals surface area contributed by atoms with Crippen molar-refractivity contribution in [3.63, 3.8) is 0 Å². The van der Waals surface area contributed by atoms with Gasteiger partial charge >= 0.3 is 0 Å². The topological polar surface area (TPSA) is 9.72 Å². The summed E-state index contributed by atoms with van der Waals surface area (Å²) in [5.41, 5.74) is 3.82. The van der Waals surface area contributed by atoms with Crippen LogP contribution in [0.1, 0.15) is 19.4 Å². The van der Waals surface area contributed by atoms with E-state index in [1.54, 1.807) is 0 Å². The minimum atomic E-state index is 0.0367. The highest BCUT2D eigenvalue weighted by molar-refractivity contribution is 5.46. The van der Waals surface area contributed by atoms with Gasteiger partial charge in [0.05, 0.1) is 12.2 Å². The number of rotatable bonds is 3. The Labute approximate surface area is 117 Å². The third-order valence-corrected chi connectivity index (χ3v) is 4.17. The summed E-state index contributed by atoms with van der Waals surface area (Å²) in [7, 11) is 6.24. The molecule has 2 rings (SSSR count). The number of nitrogens with zero attached hydrogens (tertiary/aromatic N) is 3. The van der Waals surface area contributed by atoms with E-state index in [2.05, 4.69) is 80.5 Å². The highest BCUT2D eigenvalue weighted by atomic mass is 15.4. The quantitative estimate of drug-likeness (QED) is 0.826. The molecule has 1 saturated heterocycles. The standard InChI is InChI=1S/C16H25N3/c1-13-16(2,3)19(12-18(13)6)11-14-7-9-15(10-8-14)17(4)5/h7-10H,1,11-12H2,2-6H3. The van der Waals surface area contributed by atoms with E-state index in [-0.39, 0.29) is 5.54 Å². The van der Waals surface area contributed by atoms with Gasteiger partial charge in [-0.05, 0) is 31.5 Å². The summed E-state index contributed by atoms with van der Waals surface area (Å²) in [5.74, 6) is 0. The molecule has 0 N–H and O–H groups in total. The molecule has 0 unspecified atom stereocenters. The zero-order chi connectivity index (χ0) is 14.2. The van der Waals surface area contributed by atoms with Crippen LogP contribution >= 0.6 is 0 Å². The van der Waals surface area contributed by atoms with Crippen LogP contribution in [0.5, 0.6) is 0 Å². The lowest BCUT2D eigenvalue weighted by atomic mass is 10.0. The molecule has 3 heteroatoms. The molecule has 104 valence electrons. The van der Waals surface area contributed by atoms with E-state index in [9.17, 15) is 0 Å². The summed E-state index contributed by atoms with van der Waals surface area (Å²) in [5, 5.41) is 0. The van der Waals surface area contributed by atoms with Crippen molar-refractivity contribution in [3.05, 3.63) is 42.1 Å². The molecule has 0 amide bonds. The fraction of sp³-hybridized carbons (Fsp3) is 0.500. The molecule has 3 nitrogen and oxygen atoms in total. The summed E-state index contributed by atoms with van der Waals surface area (Å²) in [6.45, 7) is 10.6. The monoisotopic (exact) mass is 259 g/mol. The van der Waals surface area contributed by atoms with Gasteiger partial charge in [0.15, 0.2) is 0 Å². The molecule has 1 aliphatic rings. The first-order chi connectivity index (χ1) is 8.82. The first-order valence-electron chi connectivity index (χ1n) is 6.74. The lowest BCUT2D eigenvalue weighted by Crippen LogP contribution is -2.38. The van der Waals surface area contributed by atoms with Crippen molar-refractivity contribution < 1.29 is 0 Å². The van der Waals surface area contributed by atoms with Crippen molar-refractivity contribution in [1.82, 2.24) is 9.80 Å². The van der Waals surface area contributed by atoms with Crippen LogP contribution in [0.4, 0.5) is 5.69 Å². The predicted octanol–water partition coefficient (Wildman–Crippen LogP) is 2.75. The summed E-state index contributed by atoms with van der Waals surface area (Å²) in [4.78, 5) is 6.81. The maximum Gasteiger partial charge on any atom is 0.0711 e. The highest BCUT2D eigenvalue weighted by Gasteiger charge is 2.38. The summed E-state index contributed by atoms with van der Waals surface area (Å²) in [6, 6.07) is 8.78. The zero-order valence-corrected chi connectivity index (χ0v) is 12.8. The van der Waals surface area contributed by atoms with Crippen molar-refractivity contribution >= 4 is 5.69 Å². The Morgan fingerprint density at radius 2 is 1.79 bits per heavy atom. The van der Waals surface area contributed by atoms with Gasteiger partial charge in [0.25, 0.3) is 0 Å². The summed E-state index contributed by atoms with van der Waals surface area (Å²) >= 11 is 0. The Morgan fingerprint density at radius 3 is 2.21 bits per heavy atom. The molecule has 0 bridgehead atoms. The van der Waals surface area contributed by atoms with E-state index in [1.807, 2.05) is 0 Å². The molecule has 1 aromatic rings. The molecular formula is C16H25N3. The van der Waals surface area contributed by atoms with E-state index in [4.69, 9.17) is 0 Å². The summed E-state index contributed by atoms with van der Waals surface area (Å²) < 4.78 is 0. The summed E-state index contributed by atoms with van der Waals surface area (Å²) in [6.07, 6.45) is 0. The molecule has 1 fully saturated rings. The van der Waals surface area contributed by atoms with Crippen molar-refractivity contribution in [1.29, 1.82) is 0 Å². The molecule has 1 aliphatic heterocycles. The van der Waals surface area contributed by atoms with Crippen LogP contribution < -0.4 is 4.90 Å². The normalized spacial score (nSPS) is 19.0. The van der Waals surface area contributed by atoms with Gasteiger partial charge in [-0.25, -0.2) is 0 Å². The van der Waals surface area contributed by atoms with Crippen molar-refractivity contribution in [3.8, 4) is 0 Å². The Kier molecular flexibility index (Phi) is 3.59. The van der Waals surface area contributed by atoms with Crippen molar-refractivity contribution in [2.24, 2.45) is 0 Å². The number of anilines is 1. The number of likely N-dealkylation sites (N-methyl/N-ethyl adjacent to an activating group) is 1. The van der Waals surface area contributed by atoms with Crippen LogP contribution in [-0.4, -0.2) is 43.2 Å². The average molecular weight is 259 g/mol. The molecule has 0 aromatic heterocycles. The van der Waals surface area contributed by atoms with Crippen LogP contribution in [0.2, 0.25) is 0 Å². The lowest BCUT2D eigenvalue weighted by molar-refractivity contribution is 0.173. The average Bonchev–Trinajstić information content (AvgIpc) is 2.54. The largest absolute Gasteiger partial charge is 0.378 e. The second-order valence-corrected chi connectivity index (χ2v) is 6.10. The second kappa shape index (κ2) is 4.89. The fourth-order valence-corrected chi connectivity index (χ4v) is 2.54. The number of hydrogen-bond acceptors (Lipinski definition) is 3. The molecule has 0 aliphatic carbocycles. The van der Waals surface area contributed by atoms with Gasteiger partial charge in [-0.2, -0.15) is 0 Å². The van der Waals surface area contributed by atoms with Gasteiger partial charge in [-0.15, -0.1) is 0 Å². The zero-order valence-electron chi connectivity index (χ0n) is 12.8.